The molecule has 1 amide bonds. The van der Waals surface area contributed by atoms with Crippen molar-refractivity contribution in [3.63, 3.8) is 0 Å². The average Bonchev–Trinajstić information content (AvgIpc) is 3.06. The first kappa shape index (κ1) is 19.8. The van der Waals surface area contributed by atoms with Crippen LogP contribution in [0.4, 0.5) is 9.52 Å². The van der Waals surface area contributed by atoms with Gasteiger partial charge in [-0.15, -0.1) is 0 Å². The number of carbonyl (C=O) groups excluding carboxylic acids is 1. The van der Waals surface area contributed by atoms with E-state index in [9.17, 15) is 9.18 Å². The van der Waals surface area contributed by atoms with Crippen molar-refractivity contribution >= 4 is 48.5 Å². The summed E-state index contributed by atoms with van der Waals surface area (Å²) in [7, 11) is 0. The third kappa shape index (κ3) is 5.26. The zero-order valence-corrected chi connectivity index (χ0v) is 17.3. The van der Waals surface area contributed by atoms with Crippen LogP contribution in [0.5, 0.6) is 5.75 Å². The summed E-state index contributed by atoms with van der Waals surface area (Å²) < 4.78 is 20.3. The molecule has 2 aromatic carbocycles. The Hall–Kier alpha value is -1.99. The van der Waals surface area contributed by atoms with Crippen LogP contribution in [0.25, 0.3) is 10.2 Å². The smallest absolute Gasteiger partial charge is 0.239 e. The Balaban J connectivity index is 1.66. The van der Waals surface area contributed by atoms with Gasteiger partial charge in [0.2, 0.25) is 5.91 Å². The quantitative estimate of drug-likeness (QED) is 0.434. The lowest BCUT2D eigenvalue weighted by molar-refractivity contribution is -0.115. The maximum Gasteiger partial charge on any atom is 0.239 e. The molecule has 142 valence electrons. The molecule has 0 spiro atoms. The molecule has 1 N–H and O–H groups in total. The van der Waals surface area contributed by atoms with E-state index in [1.54, 1.807) is 24.3 Å². The average molecular weight is 451 g/mol. The van der Waals surface area contributed by atoms with Crippen molar-refractivity contribution in [2.24, 2.45) is 0 Å². The monoisotopic (exact) mass is 450 g/mol. The molecule has 4 nitrogen and oxygen atoms in total. The minimum absolute atomic E-state index is 0.0847. The summed E-state index contributed by atoms with van der Waals surface area (Å²) in [4.78, 5) is 16.4. The van der Waals surface area contributed by atoms with Gasteiger partial charge in [0.15, 0.2) is 5.13 Å². The third-order valence-electron chi connectivity index (χ3n) is 4.04. The lowest BCUT2D eigenvalue weighted by Gasteiger charge is -2.07. The van der Waals surface area contributed by atoms with E-state index in [0.717, 1.165) is 29.5 Å². The highest BCUT2D eigenvalue weighted by atomic mass is 79.9. The summed E-state index contributed by atoms with van der Waals surface area (Å²) in [5.74, 6) is 0.265. The number of benzene rings is 2. The molecule has 1 heterocycles. The number of unbranched alkanes of at least 4 members (excludes halogenated alkanes) is 1. The molecule has 1 atom stereocenters. The fraction of sp³-hybridized carbons (Fsp3) is 0.300. The molecule has 0 aliphatic heterocycles. The first-order valence-electron chi connectivity index (χ1n) is 8.78. The van der Waals surface area contributed by atoms with E-state index in [2.05, 4.69) is 33.2 Å². The summed E-state index contributed by atoms with van der Waals surface area (Å²) in [5, 5.41) is 3.41. The van der Waals surface area contributed by atoms with Gasteiger partial charge in [-0.05, 0) is 30.7 Å². The van der Waals surface area contributed by atoms with E-state index < -0.39 is 0 Å². The maximum atomic E-state index is 13.7. The lowest BCUT2D eigenvalue weighted by atomic mass is 10.2. The number of amides is 1. The molecule has 0 saturated carbocycles. The summed E-state index contributed by atoms with van der Waals surface area (Å²) in [6.45, 7) is 2.25. The van der Waals surface area contributed by atoms with Crippen LogP contribution < -0.4 is 10.1 Å². The van der Waals surface area contributed by atoms with Crippen molar-refractivity contribution in [1.29, 1.82) is 0 Å². The SMILES string of the molecule is CCCC[C@@H](Br)C(=O)Nc1nc2ccc(OCc3ccccc3F)cc2s1. The molecule has 0 unspecified atom stereocenters. The van der Waals surface area contributed by atoms with Crippen molar-refractivity contribution < 1.29 is 13.9 Å². The van der Waals surface area contributed by atoms with Crippen molar-refractivity contribution in [1.82, 2.24) is 4.98 Å². The minimum atomic E-state index is -0.284. The molecule has 0 aliphatic carbocycles. The van der Waals surface area contributed by atoms with Crippen LogP contribution in [0.15, 0.2) is 42.5 Å². The van der Waals surface area contributed by atoms with E-state index in [1.165, 1.54) is 17.4 Å². The number of hydrogen-bond donors (Lipinski definition) is 1. The molecular formula is C20H20BrFN2O2S. The van der Waals surface area contributed by atoms with Gasteiger partial charge in [-0.2, -0.15) is 0 Å². The zero-order valence-electron chi connectivity index (χ0n) is 14.9. The van der Waals surface area contributed by atoms with Crippen LogP contribution in [0.2, 0.25) is 0 Å². The number of nitrogens with zero attached hydrogens (tertiary/aromatic N) is 1. The number of anilines is 1. The first-order chi connectivity index (χ1) is 13.1. The van der Waals surface area contributed by atoms with E-state index in [0.29, 0.717) is 16.4 Å². The second-order valence-corrected chi connectivity index (χ2v) is 8.26. The Bertz CT molecular complexity index is 931. The Morgan fingerprint density at radius 3 is 2.93 bits per heavy atom. The number of nitrogens with one attached hydrogen (secondary N) is 1. The van der Waals surface area contributed by atoms with Crippen LogP contribution in [-0.2, 0) is 11.4 Å². The summed E-state index contributed by atoms with van der Waals surface area (Å²) in [6, 6.07) is 12.0. The van der Waals surface area contributed by atoms with Crippen LogP contribution in [-0.4, -0.2) is 15.7 Å². The van der Waals surface area contributed by atoms with Crippen LogP contribution in [0, 0.1) is 5.82 Å². The Morgan fingerprint density at radius 1 is 1.33 bits per heavy atom. The molecule has 0 saturated heterocycles. The molecule has 3 aromatic rings. The Kier molecular flexibility index (Phi) is 6.79. The fourth-order valence-electron chi connectivity index (χ4n) is 2.52. The topological polar surface area (TPSA) is 51.2 Å². The number of aromatic nitrogens is 1. The number of rotatable bonds is 8. The summed E-state index contributed by atoms with van der Waals surface area (Å²) >= 11 is 4.81. The molecular weight excluding hydrogens is 431 g/mol. The van der Waals surface area contributed by atoms with Gasteiger partial charge in [0.1, 0.15) is 18.2 Å². The normalized spacial score (nSPS) is 12.1. The summed E-state index contributed by atoms with van der Waals surface area (Å²) in [5.41, 5.74) is 1.29. The second-order valence-electron chi connectivity index (χ2n) is 6.13. The number of thiazole rings is 1. The number of ether oxygens (including phenoxy) is 1. The standard InChI is InChI=1S/C20H20BrFN2O2S/c1-2-3-7-15(21)19(25)24-20-23-17-10-9-14(11-18(17)27-20)26-12-13-6-4-5-8-16(13)22/h4-6,8-11,15H,2-3,7,12H2,1H3,(H,23,24,25)/t15-/m1/s1. The van der Waals surface area contributed by atoms with Gasteiger partial charge in [-0.25, -0.2) is 9.37 Å². The van der Waals surface area contributed by atoms with Gasteiger partial charge in [0.25, 0.3) is 0 Å². The van der Waals surface area contributed by atoms with Crippen LogP contribution in [0.1, 0.15) is 31.7 Å². The Labute approximate surface area is 169 Å². The number of carbonyl (C=O) groups is 1. The molecule has 0 bridgehead atoms. The van der Waals surface area contributed by atoms with E-state index in [4.69, 9.17) is 4.74 Å². The number of alkyl halides is 1. The largest absolute Gasteiger partial charge is 0.489 e. The predicted molar refractivity (Wildman–Crippen MR) is 111 cm³/mol. The maximum absolute atomic E-state index is 13.7. The molecule has 1 aromatic heterocycles. The molecule has 0 radical (unpaired) electrons. The van der Waals surface area contributed by atoms with Gasteiger partial charge in [0, 0.05) is 5.56 Å². The van der Waals surface area contributed by atoms with E-state index in [1.807, 2.05) is 12.1 Å². The van der Waals surface area contributed by atoms with Gasteiger partial charge in [0.05, 0.1) is 15.0 Å². The fourth-order valence-corrected chi connectivity index (χ4v) is 3.86. The minimum Gasteiger partial charge on any atom is -0.489 e. The molecule has 0 aliphatic rings. The second kappa shape index (κ2) is 9.28. The van der Waals surface area contributed by atoms with Gasteiger partial charge < -0.3 is 10.1 Å². The third-order valence-corrected chi connectivity index (χ3v) is 5.85. The van der Waals surface area contributed by atoms with Gasteiger partial charge in [-0.1, -0.05) is 65.2 Å². The molecule has 3 rings (SSSR count). The first-order valence-corrected chi connectivity index (χ1v) is 10.5. The number of halogens is 2. The highest BCUT2D eigenvalue weighted by Crippen LogP contribution is 2.30. The van der Waals surface area contributed by atoms with Gasteiger partial charge >= 0.3 is 0 Å². The highest BCUT2D eigenvalue weighted by Gasteiger charge is 2.16. The van der Waals surface area contributed by atoms with Gasteiger partial charge in [-0.3, -0.25) is 4.79 Å². The number of hydrogen-bond acceptors (Lipinski definition) is 4. The van der Waals surface area contributed by atoms with Crippen molar-refractivity contribution in [3.05, 3.63) is 53.8 Å². The van der Waals surface area contributed by atoms with Crippen LogP contribution in [0.3, 0.4) is 0 Å². The van der Waals surface area contributed by atoms with E-state index in [-0.39, 0.29) is 23.2 Å². The molecule has 0 fully saturated rings. The van der Waals surface area contributed by atoms with Crippen molar-refractivity contribution in [2.45, 2.75) is 37.6 Å². The highest BCUT2D eigenvalue weighted by molar-refractivity contribution is 9.10. The molecule has 7 heteroatoms. The lowest BCUT2D eigenvalue weighted by Crippen LogP contribution is -2.22. The van der Waals surface area contributed by atoms with E-state index >= 15 is 0 Å². The van der Waals surface area contributed by atoms with Crippen molar-refractivity contribution in [2.75, 3.05) is 5.32 Å². The van der Waals surface area contributed by atoms with Crippen molar-refractivity contribution in [3.8, 4) is 5.75 Å². The number of fused-ring (bicyclic) bond motifs is 1. The Morgan fingerprint density at radius 2 is 2.15 bits per heavy atom. The predicted octanol–water partition coefficient (Wildman–Crippen LogP) is 5.91. The molecule has 27 heavy (non-hydrogen) atoms. The summed E-state index contributed by atoms with van der Waals surface area (Å²) in [6.07, 6.45) is 2.83. The van der Waals surface area contributed by atoms with Crippen LogP contribution >= 0.6 is 27.3 Å². The zero-order chi connectivity index (χ0) is 19.2.